The summed E-state index contributed by atoms with van der Waals surface area (Å²) in [6, 6.07) is 0. The highest BCUT2D eigenvalue weighted by Crippen LogP contribution is 2.23. The summed E-state index contributed by atoms with van der Waals surface area (Å²) in [5.41, 5.74) is 0.774. The number of aliphatic hydroxyl groups is 2. The van der Waals surface area contributed by atoms with Gasteiger partial charge in [0.15, 0.2) is 5.82 Å². The second kappa shape index (κ2) is 5.09. The lowest BCUT2D eigenvalue weighted by molar-refractivity contribution is 0.178. The molecule has 3 N–H and O–H groups in total. The van der Waals surface area contributed by atoms with E-state index in [-0.39, 0.29) is 6.61 Å². The van der Waals surface area contributed by atoms with Gasteiger partial charge in [-0.2, -0.15) is 0 Å². The van der Waals surface area contributed by atoms with Gasteiger partial charge in [0, 0.05) is 13.2 Å². The van der Waals surface area contributed by atoms with Crippen LogP contribution >= 0.6 is 0 Å². The Morgan fingerprint density at radius 3 is 3.19 bits per heavy atom. The number of nitrogens with zero attached hydrogens (tertiary/aromatic N) is 3. The van der Waals surface area contributed by atoms with Crippen molar-refractivity contribution in [1.82, 2.24) is 9.55 Å². The van der Waals surface area contributed by atoms with E-state index in [4.69, 9.17) is 5.11 Å². The van der Waals surface area contributed by atoms with Crippen molar-refractivity contribution in [3.63, 3.8) is 0 Å². The molecular weight excluding hydrogens is 208 g/mol. The number of nitrogens with one attached hydrogen (secondary N) is 1. The minimum Gasteiger partial charge on any atom is -0.396 e. The summed E-state index contributed by atoms with van der Waals surface area (Å²) in [6.07, 6.45) is 4.27. The normalized spacial score (nSPS) is 19.0. The third-order valence-electron chi connectivity index (χ3n) is 2.57. The van der Waals surface area contributed by atoms with Crippen molar-refractivity contribution in [3.05, 3.63) is 12.0 Å². The molecule has 6 heteroatoms. The van der Waals surface area contributed by atoms with Gasteiger partial charge in [0.2, 0.25) is 0 Å². The molecule has 1 aliphatic heterocycles. The highest BCUT2D eigenvalue weighted by molar-refractivity contribution is 5.75. The first-order valence-corrected chi connectivity index (χ1v) is 5.41. The molecule has 1 atom stereocenters. The molecule has 6 nitrogen and oxygen atoms in total. The summed E-state index contributed by atoms with van der Waals surface area (Å²) in [5, 5.41) is 21.6. The van der Waals surface area contributed by atoms with Crippen LogP contribution in [0.2, 0.25) is 0 Å². The number of rotatable bonds is 4. The topological polar surface area (TPSA) is 82.7 Å². The average Bonchev–Trinajstić information content (AvgIpc) is 2.59. The Labute approximate surface area is 93.7 Å². The molecule has 0 saturated carbocycles. The monoisotopic (exact) mass is 224 g/mol. The number of aryl methyl sites for hydroxylation is 1. The van der Waals surface area contributed by atoms with Crippen molar-refractivity contribution >= 4 is 12.2 Å². The van der Waals surface area contributed by atoms with Crippen molar-refractivity contribution in [3.8, 4) is 0 Å². The van der Waals surface area contributed by atoms with Crippen LogP contribution in [0, 0.1) is 0 Å². The van der Waals surface area contributed by atoms with Crippen molar-refractivity contribution in [2.75, 3.05) is 18.5 Å². The molecular formula is C10H16N4O2. The zero-order valence-electron chi connectivity index (χ0n) is 9.00. The predicted molar refractivity (Wildman–Crippen MR) is 60.5 cm³/mol. The quantitative estimate of drug-likeness (QED) is 0.635. The van der Waals surface area contributed by atoms with Gasteiger partial charge in [-0.1, -0.05) is 0 Å². The van der Waals surface area contributed by atoms with Crippen LogP contribution in [0.25, 0.3) is 0 Å². The summed E-state index contributed by atoms with van der Waals surface area (Å²) >= 11 is 0. The fourth-order valence-corrected chi connectivity index (χ4v) is 1.77. The summed E-state index contributed by atoms with van der Waals surface area (Å²) in [7, 11) is 0. The maximum absolute atomic E-state index is 9.90. The van der Waals surface area contributed by atoms with Crippen molar-refractivity contribution in [1.29, 1.82) is 0 Å². The molecule has 0 aromatic carbocycles. The fourth-order valence-electron chi connectivity index (χ4n) is 1.77. The lowest BCUT2D eigenvalue weighted by Crippen LogP contribution is -2.10. The number of unbranched alkanes of at least 4 members (excludes halogenated alkanes) is 1. The number of imidazole rings is 1. The first-order chi connectivity index (χ1) is 7.83. The van der Waals surface area contributed by atoms with Crippen molar-refractivity contribution in [2.45, 2.75) is 25.5 Å². The Balaban J connectivity index is 2.13. The Morgan fingerprint density at radius 1 is 1.50 bits per heavy atom. The molecule has 0 aliphatic carbocycles. The molecule has 1 aromatic rings. The Kier molecular flexibility index (Phi) is 3.53. The summed E-state index contributed by atoms with van der Waals surface area (Å²) in [4.78, 5) is 8.18. The summed E-state index contributed by atoms with van der Waals surface area (Å²) in [5.74, 6) is 0.665. The van der Waals surface area contributed by atoms with E-state index in [1.807, 2.05) is 4.57 Å². The molecule has 2 heterocycles. The highest BCUT2D eigenvalue weighted by atomic mass is 16.3. The fraction of sp³-hybridized carbons (Fsp3) is 0.600. The summed E-state index contributed by atoms with van der Waals surface area (Å²) < 4.78 is 1.91. The third-order valence-corrected chi connectivity index (χ3v) is 2.57. The van der Waals surface area contributed by atoms with Gasteiger partial charge in [-0.05, 0) is 12.8 Å². The van der Waals surface area contributed by atoms with E-state index in [1.54, 1.807) is 12.7 Å². The van der Waals surface area contributed by atoms with E-state index in [2.05, 4.69) is 15.3 Å². The second-order valence-electron chi connectivity index (χ2n) is 3.76. The zero-order valence-corrected chi connectivity index (χ0v) is 9.00. The van der Waals surface area contributed by atoms with Crippen molar-refractivity contribution in [2.24, 2.45) is 4.99 Å². The molecule has 88 valence electrons. The van der Waals surface area contributed by atoms with E-state index in [0.29, 0.717) is 12.4 Å². The van der Waals surface area contributed by atoms with Crippen LogP contribution in [0.3, 0.4) is 0 Å². The second-order valence-corrected chi connectivity index (χ2v) is 3.76. The van der Waals surface area contributed by atoms with Gasteiger partial charge in [-0.3, -0.25) is 4.99 Å². The van der Waals surface area contributed by atoms with E-state index in [0.717, 1.165) is 25.1 Å². The molecule has 0 fully saturated rings. The van der Waals surface area contributed by atoms with Gasteiger partial charge in [-0.25, -0.2) is 4.98 Å². The number of hydrogen-bond acceptors (Lipinski definition) is 5. The lowest BCUT2D eigenvalue weighted by Gasteiger charge is -2.11. The molecule has 1 unspecified atom stereocenters. The van der Waals surface area contributed by atoms with Crippen LogP contribution in [-0.4, -0.2) is 39.3 Å². The summed E-state index contributed by atoms with van der Waals surface area (Å²) in [6.45, 7) is 1.30. The van der Waals surface area contributed by atoms with E-state index < -0.39 is 6.10 Å². The number of hydrogen-bond donors (Lipinski definition) is 3. The average molecular weight is 224 g/mol. The first kappa shape index (κ1) is 11.1. The molecule has 16 heavy (non-hydrogen) atoms. The standard InChI is InChI=1S/C10H16N4O2/c15-4-2-1-3-14-7-13-10-9(14)8(16)5-11-6-12-10/h6-8,15-16H,1-5H2,(H,11,12). The van der Waals surface area contributed by atoms with E-state index >= 15 is 0 Å². The third kappa shape index (κ3) is 2.23. The van der Waals surface area contributed by atoms with Gasteiger partial charge in [0.1, 0.15) is 6.10 Å². The van der Waals surface area contributed by atoms with Gasteiger partial charge in [0.05, 0.1) is 24.9 Å². The molecule has 1 aromatic heterocycles. The zero-order chi connectivity index (χ0) is 11.4. The number of fused-ring (bicyclic) bond motifs is 1. The number of aliphatic hydroxyl groups excluding tert-OH is 2. The van der Waals surface area contributed by atoms with Gasteiger partial charge in [-0.15, -0.1) is 0 Å². The van der Waals surface area contributed by atoms with Crippen LogP contribution in [0.15, 0.2) is 11.3 Å². The lowest BCUT2D eigenvalue weighted by atomic mass is 10.2. The largest absolute Gasteiger partial charge is 0.396 e. The van der Waals surface area contributed by atoms with E-state index in [9.17, 15) is 5.11 Å². The van der Waals surface area contributed by atoms with Gasteiger partial charge in [0.25, 0.3) is 0 Å². The smallest absolute Gasteiger partial charge is 0.155 e. The molecule has 1 aliphatic rings. The van der Waals surface area contributed by atoms with Gasteiger partial charge < -0.3 is 20.1 Å². The Hall–Kier alpha value is -1.40. The predicted octanol–water partition coefficient (Wildman–Crippen LogP) is 0.143. The molecule has 0 saturated heterocycles. The maximum Gasteiger partial charge on any atom is 0.155 e. The van der Waals surface area contributed by atoms with Crippen LogP contribution in [-0.2, 0) is 6.54 Å². The minimum atomic E-state index is -0.613. The Bertz CT molecular complexity index is 375. The van der Waals surface area contributed by atoms with Gasteiger partial charge >= 0.3 is 0 Å². The number of aliphatic imine (C=N–C) groups is 1. The molecule has 2 rings (SSSR count). The molecule has 0 amide bonds. The SMILES string of the molecule is OCCCCn1cnc2c1C(O)CN=CN2. The number of aromatic nitrogens is 2. The first-order valence-electron chi connectivity index (χ1n) is 5.41. The van der Waals surface area contributed by atoms with Crippen molar-refractivity contribution < 1.29 is 10.2 Å². The van der Waals surface area contributed by atoms with E-state index in [1.165, 1.54) is 0 Å². The molecule has 0 radical (unpaired) electrons. The molecule has 0 bridgehead atoms. The van der Waals surface area contributed by atoms with Crippen LogP contribution < -0.4 is 5.32 Å². The van der Waals surface area contributed by atoms with Crippen LogP contribution in [0.4, 0.5) is 5.82 Å². The number of anilines is 1. The molecule has 0 spiro atoms. The van der Waals surface area contributed by atoms with Crippen LogP contribution in [0.1, 0.15) is 24.6 Å². The Morgan fingerprint density at radius 2 is 2.38 bits per heavy atom. The maximum atomic E-state index is 9.90. The minimum absolute atomic E-state index is 0.195. The van der Waals surface area contributed by atoms with Crippen LogP contribution in [0.5, 0.6) is 0 Å². The highest BCUT2D eigenvalue weighted by Gasteiger charge is 2.20.